The summed E-state index contributed by atoms with van der Waals surface area (Å²) in [6.45, 7) is 8.39. The molecule has 0 aromatic rings. The van der Waals surface area contributed by atoms with E-state index in [0.717, 1.165) is 0 Å². The van der Waals surface area contributed by atoms with Crippen molar-refractivity contribution in [2.24, 2.45) is 11.3 Å². The average molecular weight is 136 g/mol. The Kier molecular flexibility index (Phi) is 1.98. The standard InChI is InChI=1S/C10H16/c1-4-9-7-5-6-8-10(9,2)3/h4,6,8-9H,1,5,7H2,2-3H3. The highest BCUT2D eigenvalue weighted by Gasteiger charge is 2.25. The van der Waals surface area contributed by atoms with Gasteiger partial charge in [-0.1, -0.05) is 32.1 Å². The first-order valence-corrected chi connectivity index (χ1v) is 3.97. The van der Waals surface area contributed by atoms with Crippen LogP contribution in [0.4, 0.5) is 0 Å². The minimum Gasteiger partial charge on any atom is -0.103 e. The van der Waals surface area contributed by atoms with Crippen LogP contribution in [0.25, 0.3) is 0 Å². The quantitative estimate of drug-likeness (QED) is 0.486. The third-order valence-electron chi connectivity index (χ3n) is 2.43. The minimum absolute atomic E-state index is 0.347. The van der Waals surface area contributed by atoms with E-state index in [4.69, 9.17) is 0 Å². The third kappa shape index (κ3) is 1.31. The zero-order chi connectivity index (χ0) is 7.61. The largest absolute Gasteiger partial charge is 0.103 e. The maximum atomic E-state index is 3.85. The van der Waals surface area contributed by atoms with E-state index in [9.17, 15) is 0 Å². The molecule has 1 rings (SSSR count). The van der Waals surface area contributed by atoms with Crippen LogP contribution in [0.3, 0.4) is 0 Å². The second-order valence-corrected chi connectivity index (χ2v) is 3.64. The van der Waals surface area contributed by atoms with E-state index in [0.29, 0.717) is 11.3 Å². The van der Waals surface area contributed by atoms with Gasteiger partial charge in [0.2, 0.25) is 0 Å². The van der Waals surface area contributed by atoms with E-state index < -0.39 is 0 Å². The number of hydrogen-bond donors (Lipinski definition) is 0. The zero-order valence-electron chi connectivity index (χ0n) is 6.93. The molecule has 0 aliphatic heterocycles. The van der Waals surface area contributed by atoms with Crippen LogP contribution in [0.1, 0.15) is 26.7 Å². The average Bonchev–Trinajstić information content (AvgIpc) is 1.87. The molecular weight excluding hydrogens is 120 g/mol. The van der Waals surface area contributed by atoms with Crippen LogP contribution in [-0.2, 0) is 0 Å². The first-order chi connectivity index (χ1) is 4.67. The van der Waals surface area contributed by atoms with Gasteiger partial charge in [-0.05, 0) is 24.2 Å². The lowest BCUT2D eigenvalue weighted by molar-refractivity contribution is 0.311. The molecule has 0 radical (unpaired) electrons. The summed E-state index contributed by atoms with van der Waals surface area (Å²) in [6.07, 6.45) is 9.17. The van der Waals surface area contributed by atoms with Crippen molar-refractivity contribution in [1.29, 1.82) is 0 Å². The van der Waals surface area contributed by atoms with Gasteiger partial charge in [0.05, 0.1) is 0 Å². The van der Waals surface area contributed by atoms with Gasteiger partial charge in [-0.25, -0.2) is 0 Å². The van der Waals surface area contributed by atoms with Gasteiger partial charge < -0.3 is 0 Å². The molecule has 1 aliphatic rings. The molecule has 0 bridgehead atoms. The molecule has 0 saturated heterocycles. The Hall–Kier alpha value is -0.520. The molecule has 0 fully saturated rings. The Balaban J connectivity index is 2.75. The van der Waals surface area contributed by atoms with E-state index in [-0.39, 0.29) is 0 Å². The highest BCUT2D eigenvalue weighted by molar-refractivity contribution is 5.07. The Morgan fingerprint density at radius 3 is 2.70 bits per heavy atom. The first-order valence-electron chi connectivity index (χ1n) is 3.97. The van der Waals surface area contributed by atoms with Gasteiger partial charge >= 0.3 is 0 Å². The normalized spacial score (nSPS) is 30.0. The van der Waals surface area contributed by atoms with Crippen molar-refractivity contribution in [3.8, 4) is 0 Å². The van der Waals surface area contributed by atoms with Crippen molar-refractivity contribution >= 4 is 0 Å². The molecule has 0 saturated carbocycles. The Bertz CT molecular complexity index is 151. The Morgan fingerprint density at radius 2 is 2.30 bits per heavy atom. The summed E-state index contributed by atoms with van der Waals surface area (Å²) in [5, 5.41) is 0. The van der Waals surface area contributed by atoms with E-state index in [1.807, 2.05) is 0 Å². The van der Waals surface area contributed by atoms with Crippen molar-refractivity contribution in [2.75, 3.05) is 0 Å². The van der Waals surface area contributed by atoms with Gasteiger partial charge in [0.15, 0.2) is 0 Å². The van der Waals surface area contributed by atoms with Gasteiger partial charge in [0, 0.05) is 0 Å². The molecule has 0 nitrogen and oxygen atoms in total. The first kappa shape index (κ1) is 7.59. The van der Waals surface area contributed by atoms with E-state index in [1.165, 1.54) is 12.8 Å². The molecule has 1 unspecified atom stereocenters. The lowest BCUT2D eigenvalue weighted by Gasteiger charge is -2.32. The van der Waals surface area contributed by atoms with Gasteiger partial charge in [-0.15, -0.1) is 6.58 Å². The fourth-order valence-corrected chi connectivity index (χ4v) is 1.58. The maximum Gasteiger partial charge on any atom is -0.0112 e. The molecule has 0 aromatic heterocycles. The fraction of sp³-hybridized carbons (Fsp3) is 0.600. The maximum absolute atomic E-state index is 3.85. The fourth-order valence-electron chi connectivity index (χ4n) is 1.58. The summed E-state index contributed by atoms with van der Waals surface area (Å²) in [6, 6.07) is 0. The monoisotopic (exact) mass is 136 g/mol. The van der Waals surface area contributed by atoms with Crippen LogP contribution in [0, 0.1) is 11.3 Å². The zero-order valence-corrected chi connectivity index (χ0v) is 6.93. The number of rotatable bonds is 1. The van der Waals surface area contributed by atoms with Crippen LogP contribution < -0.4 is 0 Å². The van der Waals surface area contributed by atoms with E-state index in [2.05, 4.69) is 38.7 Å². The topological polar surface area (TPSA) is 0 Å². The lowest BCUT2D eigenvalue weighted by Crippen LogP contribution is -2.22. The van der Waals surface area contributed by atoms with Crippen molar-refractivity contribution < 1.29 is 0 Å². The van der Waals surface area contributed by atoms with Gasteiger partial charge in [0.1, 0.15) is 0 Å². The SMILES string of the molecule is C=CC1CCC=CC1(C)C. The predicted octanol–water partition coefficient (Wildman–Crippen LogP) is 3.16. The van der Waals surface area contributed by atoms with Crippen molar-refractivity contribution in [3.63, 3.8) is 0 Å². The highest BCUT2D eigenvalue weighted by atomic mass is 14.3. The highest BCUT2D eigenvalue weighted by Crippen LogP contribution is 2.36. The molecule has 1 aliphatic carbocycles. The van der Waals surface area contributed by atoms with Crippen LogP contribution in [0.5, 0.6) is 0 Å². The minimum atomic E-state index is 0.347. The number of allylic oxidation sites excluding steroid dienone is 3. The van der Waals surface area contributed by atoms with Gasteiger partial charge in [-0.3, -0.25) is 0 Å². The van der Waals surface area contributed by atoms with E-state index >= 15 is 0 Å². The molecule has 0 spiro atoms. The Labute approximate surface area is 63.6 Å². The van der Waals surface area contributed by atoms with Crippen molar-refractivity contribution in [1.82, 2.24) is 0 Å². The molecule has 10 heavy (non-hydrogen) atoms. The third-order valence-corrected chi connectivity index (χ3v) is 2.43. The summed E-state index contributed by atoms with van der Waals surface area (Å²) in [4.78, 5) is 0. The van der Waals surface area contributed by atoms with Crippen LogP contribution in [0.2, 0.25) is 0 Å². The summed E-state index contributed by atoms with van der Waals surface area (Å²) >= 11 is 0. The second kappa shape index (κ2) is 2.61. The van der Waals surface area contributed by atoms with Gasteiger partial charge in [-0.2, -0.15) is 0 Å². The molecule has 0 aromatic carbocycles. The molecular formula is C10H16. The molecule has 56 valence electrons. The lowest BCUT2D eigenvalue weighted by atomic mass is 9.73. The van der Waals surface area contributed by atoms with E-state index in [1.54, 1.807) is 0 Å². The van der Waals surface area contributed by atoms with Crippen molar-refractivity contribution in [3.05, 3.63) is 24.8 Å². The van der Waals surface area contributed by atoms with Crippen LogP contribution >= 0.6 is 0 Å². The summed E-state index contributed by atoms with van der Waals surface area (Å²) in [5.41, 5.74) is 0.347. The number of hydrogen-bond acceptors (Lipinski definition) is 0. The predicted molar refractivity (Wildman–Crippen MR) is 45.8 cm³/mol. The van der Waals surface area contributed by atoms with Gasteiger partial charge in [0.25, 0.3) is 0 Å². The molecule has 0 amide bonds. The summed E-state index contributed by atoms with van der Waals surface area (Å²) in [7, 11) is 0. The Morgan fingerprint density at radius 1 is 1.60 bits per heavy atom. The smallest absolute Gasteiger partial charge is 0.0112 e. The molecule has 1 atom stereocenters. The molecule has 0 N–H and O–H groups in total. The van der Waals surface area contributed by atoms with Crippen LogP contribution in [-0.4, -0.2) is 0 Å². The van der Waals surface area contributed by atoms with Crippen molar-refractivity contribution in [2.45, 2.75) is 26.7 Å². The summed E-state index contributed by atoms with van der Waals surface area (Å²) < 4.78 is 0. The van der Waals surface area contributed by atoms with Crippen LogP contribution in [0.15, 0.2) is 24.8 Å². The molecule has 0 heteroatoms. The second-order valence-electron chi connectivity index (χ2n) is 3.64. The summed E-state index contributed by atoms with van der Waals surface area (Å²) in [5.74, 6) is 0.678. The molecule has 0 heterocycles.